The zero-order valence-electron chi connectivity index (χ0n) is 15.9. The lowest BCUT2D eigenvalue weighted by molar-refractivity contribution is 0.175. The van der Waals surface area contributed by atoms with Crippen molar-refractivity contribution < 1.29 is 13.5 Å². The number of aliphatic hydroxyl groups excluding tert-OH is 1. The standard InChI is InChI=1S/C21H25Cl2NO3S/c1-16(2)14-20(15-25)24(13-3-4-17-5-7-18(22)8-6-17)28(26,27)21-11-9-19(23)10-12-21/h3-12,16,20,25H,13-15H2,1-2H3/b4-3+. The maximum Gasteiger partial charge on any atom is 0.243 e. The first-order chi connectivity index (χ1) is 13.2. The lowest BCUT2D eigenvalue weighted by Gasteiger charge is -2.30. The summed E-state index contributed by atoms with van der Waals surface area (Å²) in [6.07, 6.45) is 4.17. The van der Waals surface area contributed by atoms with Crippen molar-refractivity contribution in [2.75, 3.05) is 13.2 Å². The summed E-state index contributed by atoms with van der Waals surface area (Å²) >= 11 is 11.8. The fourth-order valence-corrected chi connectivity index (χ4v) is 4.71. The summed E-state index contributed by atoms with van der Waals surface area (Å²) in [5.74, 6) is 0.236. The van der Waals surface area contributed by atoms with Crippen molar-refractivity contribution in [2.24, 2.45) is 5.92 Å². The molecular weight excluding hydrogens is 417 g/mol. The minimum Gasteiger partial charge on any atom is -0.395 e. The van der Waals surface area contributed by atoms with Crippen LogP contribution < -0.4 is 0 Å². The Morgan fingerprint density at radius 1 is 1.00 bits per heavy atom. The van der Waals surface area contributed by atoms with Gasteiger partial charge in [-0.1, -0.05) is 61.3 Å². The van der Waals surface area contributed by atoms with E-state index in [-0.39, 0.29) is 24.0 Å². The molecule has 0 spiro atoms. The molecule has 0 saturated heterocycles. The van der Waals surface area contributed by atoms with Crippen LogP contribution in [0.3, 0.4) is 0 Å². The van der Waals surface area contributed by atoms with Crippen molar-refractivity contribution >= 4 is 39.3 Å². The van der Waals surface area contributed by atoms with Gasteiger partial charge in [0.1, 0.15) is 0 Å². The van der Waals surface area contributed by atoms with E-state index in [4.69, 9.17) is 23.2 Å². The van der Waals surface area contributed by atoms with Crippen molar-refractivity contribution in [3.63, 3.8) is 0 Å². The summed E-state index contributed by atoms with van der Waals surface area (Å²) in [6, 6.07) is 12.8. The van der Waals surface area contributed by atoms with Crippen LogP contribution in [0.4, 0.5) is 0 Å². The molecule has 0 aliphatic carbocycles. The van der Waals surface area contributed by atoms with Gasteiger partial charge in [0.2, 0.25) is 10.0 Å². The third-order valence-corrected chi connectivity index (χ3v) is 6.68. The molecule has 0 fully saturated rings. The van der Waals surface area contributed by atoms with Crippen LogP contribution in [-0.4, -0.2) is 37.0 Å². The lowest BCUT2D eigenvalue weighted by Crippen LogP contribution is -2.43. The predicted molar refractivity (Wildman–Crippen MR) is 116 cm³/mol. The van der Waals surface area contributed by atoms with Crippen LogP contribution in [0.2, 0.25) is 10.0 Å². The number of halogens is 2. The largest absolute Gasteiger partial charge is 0.395 e. The van der Waals surface area contributed by atoms with Crippen molar-refractivity contribution in [3.05, 3.63) is 70.2 Å². The fraction of sp³-hybridized carbons (Fsp3) is 0.333. The molecule has 28 heavy (non-hydrogen) atoms. The average Bonchev–Trinajstić information content (AvgIpc) is 2.65. The molecule has 0 aliphatic heterocycles. The topological polar surface area (TPSA) is 57.6 Å². The second-order valence-corrected chi connectivity index (χ2v) is 9.71. The van der Waals surface area contributed by atoms with Gasteiger partial charge in [0, 0.05) is 22.6 Å². The normalized spacial score (nSPS) is 13.5. The first-order valence-electron chi connectivity index (χ1n) is 9.04. The fourth-order valence-electron chi connectivity index (χ4n) is 2.88. The van der Waals surface area contributed by atoms with Gasteiger partial charge in [0.15, 0.2) is 0 Å². The van der Waals surface area contributed by atoms with E-state index in [1.54, 1.807) is 30.3 Å². The SMILES string of the molecule is CC(C)CC(CO)N(C/C=C/c1ccc(Cl)cc1)S(=O)(=O)c1ccc(Cl)cc1. The molecule has 2 rings (SSSR count). The predicted octanol–water partition coefficient (Wildman–Crippen LogP) is 5.10. The van der Waals surface area contributed by atoms with Crippen molar-refractivity contribution in [1.82, 2.24) is 4.31 Å². The van der Waals surface area contributed by atoms with Gasteiger partial charge < -0.3 is 5.11 Å². The molecule has 1 atom stereocenters. The Hall–Kier alpha value is -1.37. The maximum absolute atomic E-state index is 13.2. The number of sulfonamides is 1. The summed E-state index contributed by atoms with van der Waals surface area (Å²) in [4.78, 5) is 0.152. The van der Waals surface area contributed by atoms with Crippen LogP contribution >= 0.6 is 23.2 Å². The first kappa shape index (κ1) is 22.9. The quantitative estimate of drug-likeness (QED) is 0.588. The molecule has 2 aromatic carbocycles. The third-order valence-electron chi connectivity index (χ3n) is 4.25. The first-order valence-corrected chi connectivity index (χ1v) is 11.2. The summed E-state index contributed by atoms with van der Waals surface area (Å²) in [6.45, 7) is 3.89. The van der Waals surface area contributed by atoms with Gasteiger partial charge in [-0.2, -0.15) is 4.31 Å². The lowest BCUT2D eigenvalue weighted by atomic mass is 10.0. The average molecular weight is 442 g/mol. The molecule has 0 bridgehead atoms. The van der Waals surface area contributed by atoms with E-state index in [1.165, 1.54) is 16.4 Å². The molecule has 0 aromatic heterocycles. The van der Waals surface area contributed by atoms with E-state index < -0.39 is 16.1 Å². The number of hydrogen-bond donors (Lipinski definition) is 1. The minimum absolute atomic E-state index is 0.144. The molecule has 2 aromatic rings. The summed E-state index contributed by atoms with van der Waals surface area (Å²) < 4.78 is 27.8. The summed E-state index contributed by atoms with van der Waals surface area (Å²) in [5, 5.41) is 11.0. The van der Waals surface area contributed by atoms with Gasteiger partial charge >= 0.3 is 0 Å². The smallest absolute Gasteiger partial charge is 0.243 e. The van der Waals surface area contributed by atoms with Crippen LogP contribution in [0.5, 0.6) is 0 Å². The van der Waals surface area contributed by atoms with Gasteiger partial charge in [-0.3, -0.25) is 0 Å². The van der Waals surface area contributed by atoms with Crippen LogP contribution in [0.1, 0.15) is 25.8 Å². The Balaban J connectivity index is 2.32. The van der Waals surface area contributed by atoms with Gasteiger partial charge in [-0.05, 0) is 54.3 Å². The molecule has 1 N–H and O–H groups in total. The highest BCUT2D eigenvalue weighted by molar-refractivity contribution is 7.89. The molecule has 0 amide bonds. The van der Waals surface area contributed by atoms with Crippen molar-refractivity contribution in [1.29, 1.82) is 0 Å². The Bertz CT molecular complexity index is 879. The molecular formula is C21H25Cl2NO3S. The van der Waals surface area contributed by atoms with Crippen LogP contribution in [-0.2, 0) is 10.0 Å². The van der Waals surface area contributed by atoms with E-state index in [0.29, 0.717) is 16.5 Å². The molecule has 0 radical (unpaired) electrons. The minimum atomic E-state index is -3.79. The Kier molecular flexibility index (Phi) is 8.53. The monoisotopic (exact) mass is 441 g/mol. The Morgan fingerprint density at radius 2 is 1.54 bits per heavy atom. The van der Waals surface area contributed by atoms with E-state index in [0.717, 1.165) is 5.56 Å². The summed E-state index contributed by atoms with van der Waals surface area (Å²) in [7, 11) is -3.79. The molecule has 1 unspecified atom stereocenters. The van der Waals surface area contributed by atoms with E-state index in [1.807, 2.05) is 32.1 Å². The van der Waals surface area contributed by atoms with Gasteiger partial charge in [0.05, 0.1) is 11.5 Å². The van der Waals surface area contributed by atoms with Crippen molar-refractivity contribution in [3.8, 4) is 0 Å². The molecule has 4 nitrogen and oxygen atoms in total. The Labute approximate surface area is 177 Å². The maximum atomic E-state index is 13.2. The third kappa shape index (κ3) is 6.33. The van der Waals surface area contributed by atoms with E-state index in [2.05, 4.69) is 0 Å². The molecule has 7 heteroatoms. The summed E-state index contributed by atoms with van der Waals surface area (Å²) in [5.41, 5.74) is 0.914. The molecule has 152 valence electrons. The molecule has 0 aliphatic rings. The van der Waals surface area contributed by atoms with E-state index in [9.17, 15) is 13.5 Å². The second kappa shape index (κ2) is 10.4. The zero-order valence-corrected chi connectivity index (χ0v) is 18.3. The van der Waals surface area contributed by atoms with Gasteiger partial charge in [-0.25, -0.2) is 8.42 Å². The van der Waals surface area contributed by atoms with E-state index >= 15 is 0 Å². The number of aliphatic hydroxyl groups is 1. The van der Waals surface area contributed by atoms with Gasteiger partial charge in [0.25, 0.3) is 0 Å². The number of hydrogen-bond acceptors (Lipinski definition) is 3. The Morgan fingerprint density at radius 3 is 2.04 bits per heavy atom. The highest BCUT2D eigenvalue weighted by Crippen LogP contribution is 2.23. The van der Waals surface area contributed by atoms with Crippen molar-refractivity contribution in [2.45, 2.75) is 31.2 Å². The highest BCUT2D eigenvalue weighted by Gasteiger charge is 2.30. The zero-order chi connectivity index (χ0) is 20.7. The van der Waals surface area contributed by atoms with Crippen LogP contribution in [0.25, 0.3) is 6.08 Å². The molecule has 0 heterocycles. The van der Waals surface area contributed by atoms with Crippen LogP contribution in [0.15, 0.2) is 59.5 Å². The van der Waals surface area contributed by atoms with Crippen LogP contribution in [0, 0.1) is 5.92 Å². The molecule has 0 saturated carbocycles. The second-order valence-electron chi connectivity index (χ2n) is 6.95. The van der Waals surface area contributed by atoms with Gasteiger partial charge in [-0.15, -0.1) is 0 Å². The number of nitrogens with zero attached hydrogens (tertiary/aromatic N) is 1. The number of rotatable bonds is 9. The number of benzene rings is 2. The highest BCUT2D eigenvalue weighted by atomic mass is 35.5.